The second-order valence-electron chi connectivity index (χ2n) is 7.96. The van der Waals surface area contributed by atoms with Crippen molar-refractivity contribution in [2.24, 2.45) is 5.92 Å². The molecular formula is C23H48. The van der Waals surface area contributed by atoms with Crippen LogP contribution in [0.1, 0.15) is 143 Å². The van der Waals surface area contributed by atoms with Crippen LogP contribution >= 0.6 is 0 Å². The third-order valence-corrected chi connectivity index (χ3v) is 5.50. The van der Waals surface area contributed by atoms with Crippen LogP contribution in [0.3, 0.4) is 0 Å². The highest BCUT2D eigenvalue weighted by Crippen LogP contribution is 2.16. The van der Waals surface area contributed by atoms with E-state index in [1.54, 1.807) is 0 Å². The first-order valence-electron chi connectivity index (χ1n) is 11.3. The molecule has 0 aliphatic rings. The lowest BCUT2D eigenvalue weighted by molar-refractivity contribution is 0.468. The van der Waals surface area contributed by atoms with Crippen LogP contribution < -0.4 is 0 Å². The van der Waals surface area contributed by atoms with Gasteiger partial charge in [-0.1, -0.05) is 143 Å². The van der Waals surface area contributed by atoms with Gasteiger partial charge in [-0.2, -0.15) is 0 Å². The summed E-state index contributed by atoms with van der Waals surface area (Å²) in [5.74, 6) is 0.950. The van der Waals surface area contributed by atoms with E-state index < -0.39 is 0 Å². The zero-order valence-electron chi connectivity index (χ0n) is 17.0. The zero-order valence-corrected chi connectivity index (χ0v) is 17.0. The highest BCUT2D eigenvalue weighted by atomic mass is 14.0. The molecule has 0 aromatic carbocycles. The fourth-order valence-corrected chi connectivity index (χ4v) is 3.42. The Morgan fingerprint density at radius 3 is 1.04 bits per heavy atom. The van der Waals surface area contributed by atoms with Crippen LogP contribution in [0.15, 0.2) is 0 Å². The van der Waals surface area contributed by atoms with Gasteiger partial charge in [0.1, 0.15) is 0 Å². The average Bonchev–Trinajstić information content (AvgIpc) is 2.57. The molecule has 0 fully saturated rings. The molecule has 1 atom stereocenters. The molecule has 0 nitrogen and oxygen atoms in total. The average molecular weight is 325 g/mol. The third-order valence-electron chi connectivity index (χ3n) is 5.50. The van der Waals surface area contributed by atoms with Gasteiger partial charge in [-0.15, -0.1) is 0 Å². The molecule has 0 amide bonds. The predicted octanol–water partition coefficient (Wildman–Crippen LogP) is 9.07. The van der Waals surface area contributed by atoms with Crippen LogP contribution in [0.25, 0.3) is 0 Å². The van der Waals surface area contributed by atoms with E-state index in [4.69, 9.17) is 0 Å². The molecule has 23 heavy (non-hydrogen) atoms. The van der Waals surface area contributed by atoms with Crippen LogP contribution in [0.2, 0.25) is 0 Å². The zero-order chi connectivity index (χ0) is 17.0. The Bertz CT molecular complexity index is 196. The summed E-state index contributed by atoms with van der Waals surface area (Å²) in [5, 5.41) is 0. The van der Waals surface area contributed by atoms with E-state index in [1.165, 1.54) is 122 Å². The SMILES string of the molecule is CCCCCCCCCCCCCCCCCCCC(C)CC. The van der Waals surface area contributed by atoms with Crippen molar-refractivity contribution in [1.29, 1.82) is 0 Å². The predicted molar refractivity (Wildman–Crippen MR) is 108 cm³/mol. The monoisotopic (exact) mass is 324 g/mol. The van der Waals surface area contributed by atoms with Crippen molar-refractivity contribution < 1.29 is 0 Å². The molecule has 0 heteroatoms. The molecule has 0 aliphatic carbocycles. The van der Waals surface area contributed by atoms with Gasteiger partial charge < -0.3 is 0 Å². The van der Waals surface area contributed by atoms with Gasteiger partial charge in [0, 0.05) is 0 Å². The van der Waals surface area contributed by atoms with E-state index in [0.29, 0.717) is 0 Å². The summed E-state index contributed by atoms with van der Waals surface area (Å²) in [6.07, 6.45) is 27.9. The molecule has 0 saturated heterocycles. The lowest BCUT2D eigenvalue weighted by Gasteiger charge is -2.07. The maximum absolute atomic E-state index is 2.40. The second-order valence-corrected chi connectivity index (χ2v) is 7.96. The summed E-state index contributed by atoms with van der Waals surface area (Å²) in [6, 6.07) is 0. The lowest BCUT2D eigenvalue weighted by Crippen LogP contribution is -1.91. The summed E-state index contributed by atoms with van der Waals surface area (Å²) in [4.78, 5) is 0. The summed E-state index contributed by atoms with van der Waals surface area (Å²) in [6.45, 7) is 7.01. The molecule has 0 saturated carbocycles. The molecule has 0 aromatic rings. The summed E-state index contributed by atoms with van der Waals surface area (Å²) in [7, 11) is 0. The van der Waals surface area contributed by atoms with Gasteiger partial charge >= 0.3 is 0 Å². The van der Waals surface area contributed by atoms with Crippen molar-refractivity contribution in [3.05, 3.63) is 0 Å². The van der Waals surface area contributed by atoms with Crippen LogP contribution in [-0.4, -0.2) is 0 Å². The Morgan fingerprint density at radius 2 is 0.739 bits per heavy atom. The van der Waals surface area contributed by atoms with Gasteiger partial charge in [-0.25, -0.2) is 0 Å². The standard InChI is InChI=1S/C23H48/c1-4-6-7-8-9-10-11-12-13-14-15-16-17-18-19-20-21-22-23(3)5-2/h23H,4-22H2,1-3H3. The molecule has 0 spiro atoms. The van der Waals surface area contributed by atoms with Crippen LogP contribution in [0.5, 0.6) is 0 Å². The van der Waals surface area contributed by atoms with Crippen LogP contribution in [-0.2, 0) is 0 Å². The van der Waals surface area contributed by atoms with E-state index >= 15 is 0 Å². The lowest BCUT2D eigenvalue weighted by atomic mass is 9.99. The van der Waals surface area contributed by atoms with Crippen LogP contribution in [0.4, 0.5) is 0 Å². The topological polar surface area (TPSA) is 0 Å². The van der Waals surface area contributed by atoms with Crippen molar-refractivity contribution in [2.75, 3.05) is 0 Å². The highest BCUT2D eigenvalue weighted by molar-refractivity contribution is 4.52. The number of rotatable bonds is 19. The van der Waals surface area contributed by atoms with Gasteiger partial charge in [-0.05, 0) is 5.92 Å². The molecular weight excluding hydrogens is 276 g/mol. The van der Waals surface area contributed by atoms with E-state index in [0.717, 1.165) is 5.92 Å². The molecule has 0 bridgehead atoms. The molecule has 0 rings (SSSR count). The molecule has 0 aromatic heterocycles. The van der Waals surface area contributed by atoms with Crippen LogP contribution in [0, 0.1) is 5.92 Å². The smallest absolute Gasteiger partial charge is 0.0445 e. The maximum atomic E-state index is 2.40. The first kappa shape index (κ1) is 23.0. The summed E-state index contributed by atoms with van der Waals surface area (Å²) >= 11 is 0. The van der Waals surface area contributed by atoms with E-state index in [1.807, 2.05) is 0 Å². The summed E-state index contributed by atoms with van der Waals surface area (Å²) < 4.78 is 0. The van der Waals surface area contributed by atoms with Gasteiger partial charge in [0.05, 0.1) is 0 Å². The van der Waals surface area contributed by atoms with Crippen molar-refractivity contribution in [1.82, 2.24) is 0 Å². The number of hydrogen-bond donors (Lipinski definition) is 0. The maximum Gasteiger partial charge on any atom is -0.0445 e. The van der Waals surface area contributed by atoms with Gasteiger partial charge in [0.25, 0.3) is 0 Å². The number of unbranched alkanes of at least 4 members (excludes halogenated alkanes) is 16. The highest BCUT2D eigenvalue weighted by Gasteiger charge is 1.98. The number of hydrogen-bond acceptors (Lipinski definition) is 0. The molecule has 0 radical (unpaired) electrons. The Hall–Kier alpha value is 0. The van der Waals surface area contributed by atoms with Gasteiger partial charge in [0.15, 0.2) is 0 Å². The fourth-order valence-electron chi connectivity index (χ4n) is 3.42. The minimum absolute atomic E-state index is 0.950. The molecule has 0 heterocycles. The molecule has 1 unspecified atom stereocenters. The first-order chi connectivity index (χ1) is 11.3. The largest absolute Gasteiger partial charge is 0.0654 e. The van der Waals surface area contributed by atoms with E-state index in [-0.39, 0.29) is 0 Å². The van der Waals surface area contributed by atoms with Crippen molar-refractivity contribution in [3.63, 3.8) is 0 Å². The van der Waals surface area contributed by atoms with Crippen molar-refractivity contribution in [2.45, 2.75) is 143 Å². The fraction of sp³-hybridized carbons (Fsp3) is 1.00. The van der Waals surface area contributed by atoms with Crippen molar-refractivity contribution in [3.8, 4) is 0 Å². The Kier molecular flexibility index (Phi) is 20.0. The third kappa shape index (κ3) is 20.0. The summed E-state index contributed by atoms with van der Waals surface area (Å²) in [5.41, 5.74) is 0. The quantitative estimate of drug-likeness (QED) is 0.208. The van der Waals surface area contributed by atoms with Gasteiger partial charge in [-0.3, -0.25) is 0 Å². The Balaban J connectivity index is 2.97. The molecule has 140 valence electrons. The van der Waals surface area contributed by atoms with E-state index in [2.05, 4.69) is 20.8 Å². The van der Waals surface area contributed by atoms with E-state index in [9.17, 15) is 0 Å². The second kappa shape index (κ2) is 20.0. The first-order valence-corrected chi connectivity index (χ1v) is 11.3. The molecule has 0 N–H and O–H groups in total. The molecule has 0 aliphatic heterocycles. The minimum Gasteiger partial charge on any atom is -0.0654 e. The minimum atomic E-state index is 0.950. The van der Waals surface area contributed by atoms with Gasteiger partial charge in [0.2, 0.25) is 0 Å². The Morgan fingerprint density at radius 1 is 0.435 bits per heavy atom. The van der Waals surface area contributed by atoms with Crippen molar-refractivity contribution >= 4 is 0 Å². The Labute approximate surface area is 149 Å². The normalized spacial score (nSPS) is 12.7.